The van der Waals surface area contributed by atoms with Crippen LogP contribution in [0, 0.1) is 6.92 Å². The molecule has 2 rings (SSSR count). The predicted molar refractivity (Wildman–Crippen MR) is 70.9 cm³/mol. The van der Waals surface area contributed by atoms with E-state index in [1.807, 2.05) is 0 Å². The fraction of sp³-hybridized carbons (Fsp3) is 0.308. The SMILES string of the molecule is Cc1c(C(C)N)cnn1-c1ccc(Cl)c(C(F)(F)F)c1. The largest absolute Gasteiger partial charge is 0.417 e. The van der Waals surface area contributed by atoms with Gasteiger partial charge in [-0.3, -0.25) is 0 Å². The summed E-state index contributed by atoms with van der Waals surface area (Å²) in [7, 11) is 0. The Morgan fingerprint density at radius 3 is 2.50 bits per heavy atom. The van der Waals surface area contributed by atoms with E-state index in [1.54, 1.807) is 20.0 Å². The number of benzene rings is 1. The fourth-order valence-electron chi connectivity index (χ4n) is 1.99. The van der Waals surface area contributed by atoms with E-state index in [2.05, 4.69) is 5.10 Å². The zero-order chi connectivity index (χ0) is 15.1. The number of hydrogen-bond acceptors (Lipinski definition) is 2. The Balaban J connectivity index is 2.55. The van der Waals surface area contributed by atoms with Crippen LogP contribution in [-0.2, 0) is 6.18 Å². The second-order valence-electron chi connectivity index (χ2n) is 4.55. The van der Waals surface area contributed by atoms with Crippen molar-refractivity contribution in [2.24, 2.45) is 5.73 Å². The Hall–Kier alpha value is -1.53. The van der Waals surface area contributed by atoms with Crippen LogP contribution in [0.2, 0.25) is 5.02 Å². The minimum Gasteiger partial charge on any atom is -0.324 e. The zero-order valence-electron chi connectivity index (χ0n) is 10.9. The molecule has 108 valence electrons. The van der Waals surface area contributed by atoms with Crippen molar-refractivity contribution in [1.82, 2.24) is 9.78 Å². The van der Waals surface area contributed by atoms with Gasteiger partial charge in [0.1, 0.15) is 0 Å². The highest BCUT2D eigenvalue weighted by atomic mass is 35.5. The first-order valence-corrected chi connectivity index (χ1v) is 6.27. The monoisotopic (exact) mass is 303 g/mol. The molecule has 1 aromatic carbocycles. The van der Waals surface area contributed by atoms with Crippen LogP contribution in [0.15, 0.2) is 24.4 Å². The van der Waals surface area contributed by atoms with Crippen molar-refractivity contribution in [3.63, 3.8) is 0 Å². The second-order valence-corrected chi connectivity index (χ2v) is 4.95. The van der Waals surface area contributed by atoms with Crippen molar-refractivity contribution in [1.29, 1.82) is 0 Å². The number of nitrogens with zero attached hydrogens (tertiary/aromatic N) is 2. The molecule has 0 amide bonds. The molecule has 0 spiro atoms. The highest BCUT2D eigenvalue weighted by molar-refractivity contribution is 6.31. The van der Waals surface area contributed by atoms with Gasteiger partial charge in [-0.2, -0.15) is 18.3 Å². The van der Waals surface area contributed by atoms with Crippen molar-refractivity contribution in [3.8, 4) is 5.69 Å². The van der Waals surface area contributed by atoms with Gasteiger partial charge in [0.15, 0.2) is 0 Å². The molecule has 0 bridgehead atoms. The minimum atomic E-state index is -4.50. The molecule has 0 aliphatic heterocycles. The molecule has 0 saturated carbocycles. The van der Waals surface area contributed by atoms with E-state index in [4.69, 9.17) is 17.3 Å². The highest BCUT2D eigenvalue weighted by Gasteiger charge is 2.33. The average molecular weight is 304 g/mol. The van der Waals surface area contributed by atoms with Crippen LogP contribution in [0.5, 0.6) is 0 Å². The van der Waals surface area contributed by atoms with E-state index in [0.29, 0.717) is 11.4 Å². The molecule has 3 nitrogen and oxygen atoms in total. The molecule has 1 aromatic heterocycles. The van der Waals surface area contributed by atoms with Crippen LogP contribution in [0.4, 0.5) is 13.2 Å². The van der Waals surface area contributed by atoms with E-state index < -0.39 is 11.7 Å². The number of aromatic nitrogens is 2. The maximum Gasteiger partial charge on any atom is 0.417 e. The van der Waals surface area contributed by atoms with Crippen LogP contribution < -0.4 is 5.73 Å². The smallest absolute Gasteiger partial charge is 0.324 e. The van der Waals surface area contributed by atoms with Gasteiger partial charge in [-0.1, -0.05) is 11.6 Å². The Bertz CT molecular complexity index is 632. The minimum absolute atomic E-state index is 0.238. The van der Waals surface area contributed by atoms with Gasteiger partial charge in [-0.05, 0) is 32.0 Å². The molecule has 0 aliphatic carbocycles. The lowest BCUT2D eigenvalue weighted by molar-refractivity contribution is -0.137. The second kappa shape index (κ2) is 5.10. The summed E-state index contributed by atoms with van der Waals surface area (Å²) in [6.07, 6.45) is -2.94. The van der Waals surface area contributed by atoms with Gasteiger partial charge in [0.25, 0.3) is 0 Å². The normalized spacial score (nSPS) is 13.6. The Morgan fingerprint density at radius 2 is 2.00 bits per heavy atom. The third-order valence-corrected chi connectivity index (χ3v) is 3.37. The molecule has 0 radical (unpaired) electrons. The molecule has 1 unspecified atom stereocenters. The van der Waals surface area contributed by atoms with Crippen LogP contribution in [0.25, 0.3) is 5.69 Å². The molecular weight excluding hydrogens is 291 g/mol. The molecule has 20 heavy (non-hydrogen) atoms. The van der Waals surface area contributed by atoms with Crippen LogP contribution in [0.1, 0.15) is 29.8 Å². The third-order valence-electron chi connectivity index (χ3n) is 3.04. The summed E-state index contributed by atoms with van der Waals surface area (Å²) in [4.78, 5) is 0. The summed E-state index contributed by atoms with van der Waals surface area (Å²) < 4.78 is 40.0. The summed E-state index contributed by atoms with van der Waals surface area (Å²) in [5.41, 5.74) is 6.68. The van der Waals surface area contributed by atoms with Crippen LogP contribution >= 0.6 is 11.6 Å². The van der Waals surface area contributed by atoms with Crippen molar-refractivity contribution in [3.05, 3.63) is 46.2 Å². The van der Waals surface area contributed by atoms with Crippen molar-refractivity contribution in [2.75, 3.05) is 0 Å². The maximum atomic E-state index is 12.8. The first-order valence-electron chi connectivity index (χ1n) is 5.89. The van der Waals surface area contributed by atoms with E-state index in [9.17, 15) is 13.2 Å². The predicted octanol–water partition coefficient (Wildman–Crippen LogP) is 3.87. The number of rotatable bonds is 2. The average Bonchev–Trinajstić information content (AvgIpc) is 2.70. The number of nitrogens with two attached hydrogens (primary N) is 1. The summed E-state index contributed by atoms with van der Waals surface area (Å²) >= 11 is 5.59. The summed E-state index contributed by atoms with van der Waals surface area (Å²) in [5.74, 6) is 0. The molecule has 0 saturated heterocycles. The van der Waals surface area contributed by atoms with Gasteiger partial charge in [0, 0.05) is 17.3 Å². The lowest BCUT2D eigenvalue weighted by Crippen LogP contribution is -2.09. The molecule has 2 aromatic rings. The van der Waals surface area contributed by atoms with E-state index in [-0.39, 0.29) is 11.1 Å². The Labute approximate surface area is 119 Å². The number of halogens is 4. The van der Waals surface area contributed by atoms with Gasteiger partial charge in [-0.25, -0.2) is 4.68 Å². The number of alkyl halides is 3. The van der Waals surface area contributed by atoms with Crippen LogP contribution in [-0.4, -0.2) is 9.78 Å². The van der Waals surface area contributed by atoms with Crippen molar-refractivity contribution < 1.29 is 13.2 Å². The zero-order valence-corrected chi connectivity index (χ0v) is 11.6. The van der Waals surface area contributed by atoms with E-state index in [0.717, 1.165) is 11.6 Å². The van der Waals surface area contributed by atoms with Gasteiger partial charge >= 0.3 is 6.18 Å². The molecule has 0 fully saturated rings. The summed E-state index contributed by atoms with van der Waals surface area (Å²) in [6.45, 7) is 3.55. The maximum absolute atomic E-state index is 12.8. The Kier molecular flexibility index (Phi) is 3.80. The van der Waals surface area contributed by atoms with E-state index in [1.165, 1.54) is 16.8 Å². The fourth-order valence-corrected chi connectivity index (χ4v) is 2.22. The molecule has 7 heteroatoms. The number of hydrogen-bond donors (Lipinski definition) is 1. The first kappa shape index (κ1) is 14.9. The van der Waals surface area contributed by atoms with Crippen LogP contribution in [0.3, 0.4) is 0 Å². The topological polar surface area (TPSA) is 43.8 Å². The molecular formula is C13H13ClF3N3. The summed E-state index contributed by atoms with van der Waals surface area (Å²) in [6, 6.07) is 3.44. The molecule has 1 atom stereocenters. The van der Waals surface area contributed by atoms with Gasteiger partial charge in [-0.15, -0.1) is 0 Å². The van der Waals surface area contributed by atoms with Gasteiger partial charge < -0.3 is 5.73 Å². The van der Waals surface area contributed by atoms with E-state index >= 15 is 0 Å². The molecule has 2 N–H and O–H groups in total. The first-order chi connectivity index (χ1) is 9.21. The highest BCUT2D eigenvalue weighted by Crippen LogP contribution is 2.36. The van der Waals surface area contributed by atoms with Gasteiger partial charge in [0.2, 0.25) is 0 Å². The lowest BCUT2D eigenvalue weighted by atomic mass is 10.1. The van der Waals surface area contributed by atoms with Crippen molar-refractivity contribution >= 4 is 11.6 Å². The Morgan fingerprint density at radius 1 is 1.35 bits per heavy atom. The molecule has 0 aliphatic rings. The third kappa shape index (κ3) is 2.66. The van der Waals surface area contributed by atoms with Crippen molar-refractivity contribution in [2.45, 2.75) is 26.1 Å². The molecule has 1 heterocycles. The summed E-state index contributed by atoms with van der Waals surface area (Å²) in [5, 5.41) is 3.75. The quantitative estimate of drug-likeness (QED) is 0.915. The van der Waals surface area contributed by atoms with Gasteiger partial charge in [0.05, 0.1) is 22.5 Å². The standard InChI is InChI=1S/C13H13ClF3N3/c1-7(18)10-6-19-20(8(10)2)9-3-4-12(14)11(5-9)13(15,16)17/h3-7H,18H2,1-2H3. The lowest BCUT2D eigenvalue weighted by Gasteiger charge is -2.12.